The summed E-state index contributed by atoms with van der Waals surface area (Å²) in [6.07, 6.45) is 5.79. The second-order valence-corrected chi connectivity index (χ2v) is 11.8. The maximum Gasteiger partial charge on any atom is 0.341 e. The van der Waals surface area contributed by atoms with Gasteiger partial charge in [0, 0.05) is 25.3 Å². The number of halogens is 2. The normalized spacial score (nSPS) is 22.3. The standard InChI is InChI=1S/C30H38F2N4O5/c1-16(2)11-17-8-9-33-24(17)29(38)34-13-23(32)18-5-4-10-35(14-18)26-22(31)12-20-25(28(26)41-3)36(19-6-7-19)15-21(27(20)37)30(39)40/h12,15-17,19,24,33H,4-11,13-14H2,1-3H3,(H,34,38)(H,39,40). The number of anilines is 1. The smallest absolute Gasteiger partial charge is 0.341 e. The van der Waals surface area contributed by atoms with Gasteiger partial charge in [-0.1, -0.05) is 13.8 Å². The fraction of sp³-hybridized carbons (Fsp3) is 0.567. The first kappa shape index (κ1) is 29.0. The Hall–Kier alpha value is -3.47. The third kappa shape index (κ3) is 5.82. The van der Waals surface area contributed by atoms with E-state index < -0.39 is 28.6 Å². The number of piperidine rings is 1. The lowest BCUT2D eigenvalue weighted by molar-refractivity contribution is -0.123. The van der Waals surface area contributed by atoms with Crippen molar-refractivity contribution in [3.05, 3.63) is 45.3 Å². The highest BCUT2D eigenvalue weighted by molar-refractivity contribution is 5.97. The van der Waals surface area contributed by atoms with Crippen LogP contribution in [0.25, 0.3) is 10.9 Å². The van der Waals surface area contributed by atoms with E-state index in [1.807, 2.05) is 0 Å². The molecule has 1 aliphatic carbocycles. The predicted molar refractivity (Wildman–Crippen MR) is 152 cm³/mol. The minimum atomic E-state index is -1.37. The summed E-state index contributed by atoms with van der Waals surface area (Å²) in [5, 5.41) is 15.5. The van der Waals surface area contributed by atoms with Crippen LogP contribution in [0.4, 0.5) is 14.5 Å². The Morgan fingerprint density at radius 1 is 1.27 bits per heavy atom. The Kier molecular flexibility index (Phi) is 8.35. The number of fused-ring (bicyclic) bond motifs is 1. The fourth-order valence-electron chi connectivity index (χ4n) is 6.33. The molecule has 1 saturated carbocycles. The number of pyridine rings is 1. The minimum absolute atomic E-state index is 0.0178. The van der Waals surface area contributed by atoms with Crippen LogP contribution in [0.2, 0.25) is 0 Å². The van der Waals surface area contributed by atoms with Crippen LogP contribution in [0, 0.1) is 17.7 Å². The van der Waals surface area contributed by atoms with Crippen molar-refractivity contribution >= 4 is 28.5 Å². The molecule has 2 unspecified atom stereocenters. The van der Waals surface area contributed by atoms with Crippen LogP contribution in [0.1, 0.15) is 68.8 Å². The number of hydrogen-bond acceptors (Lipinski definition) is 6. The molecule has 2 saturated heterocycles. The lowest BCUT2D eigenvalue weighted by Crippen LogP contribution is -2.44. The molecular weight excluding hydrogens is 534 g/mol. The summed E-state index contributed by atoms with van der Waals surface area (Å²) < 4.78 is 38.5. The van der Waals surface area contributed by atoms with Crippen LogP contribution in [0.5, 0.6) is 5.75 Å². The molecule has 3 heterocycles. The number of nitrogens with zero attached hydrogens (tertiary/aromatic N) is 2. The quantitative estimate of drug-likeness (QED) is 0.414. The SMILES string of the molecule is COc1c(N2CCCC(=C(F)CNC(=O)C3NCCC3CC(C)C)C2)c(F)cc2c(=O)c(C(=O)O)cn(C3CC3)c12. The topological polar surface area (TPSA) is 113 Å². The average molecular weight is 573 g/mol. The number of carbonyl (C=O) groups excluding carboxylic acids is 1. The zero-order valence-electron chi connectivity index (χ0n) is 23.8. The molecule has 41 heavy (non-hydrogen) atoms. The van der Waals surface area contributed by atoms with Crippen LogP contribution in [-0.2, 0) is 4.79 Å². The fourth-order valence-corrected chi connectivity index (χ4v) is 6.33. The van der Waals surface area contributed by atoms with Gasteiger partial charge in [0.15, 0.2) is 11.6 Å². The first-order valence-electron chi connectivity index (χ1n) is 14.4. The second-order valence-electron chi connectivity index (χ2n) is 11.8. The molecule has 5 rings (SSSR count). The number of rotatable bonds is 9. The third-order valence-electron chi connectivity index (χ3n) is 8.39. The number of carbonyl (C=O) groups is 2. The zero-order chi connectivity index (χ0) is 29.4. The number of aromatic carboxylic acids is 1. The van der Waals surface area contributed by atoms with Crippen LogP contribution in [0.3, 0.4) is 0 Å². The number of hydrogen-bond donors (Lipinski definition) is 3. The molecular formula is C30H38F2N4O5. The summed E-state index contributed by atoms with van der Waals surface area (Å²) >= 11 is 0. The zero-order valence-corrected chi connectivity index (χ0v) is 23.8. The third-order valence-corrected chi connectivity index (χ3v) is 8.39. The van der Waals surface area contributed by atoms with Crippen molar-refractivity contribution in [2.24, 2.45) is 11.8 Å². The van der Waals surface area contributed by atoms with Gasteiger partial charge in [-0.2, -0.15) is 0 Å². The van der Waals surface area contributed by atoms with Gasteiger partial charge in [-0.05, 0) is 68.5 Å². The highest BCUT2D eigenvalue weighted by Crippen LogP contribution is 2.44. The summed E-state index contributed by atoms with van der Waals surface area (Å²) in [4.78, 5) is 39.2. The molecule has 3 aliphatic rings. The Labute approximate surface area is 237 Å². The van der Waals surface area contributed by atoms with Crippen molar-refractivity contribution in [3.8, 4) is 5.75 Å². The number of benzene rings is 1. The van der Waals surface area contributed by atoms with Gasteiger partial charge in [0.05, 0.1) is 30.6 Å². The molecule has 3 fully saturated rings. The van der Waals surface area contributed by atoms with Gasteiger partial charge in [0.2, 0.25) is 11.3 Å². The minimum Gasteiger partial charge on any atom is -0.492 e. The van der Waals surface area contributed by atoms with Crippen molar-refractivity contribution in [3.63, 3.8) is 0 Å². The molecule has 2 aliphatic heterocycles. The van der Waals surface area contributed by atoms with Gasteiger partial charge < -0.3 is 29.9 Å². The van der Waals surface area contributed by atoms with Crippen molar-refractivity contribution in [1.29, 1.82) is 0 Å². The summed E-state index contributed by atoms with van der Waals surface area (Å²) in [6.45, 7) is 5.31. The molecule has 0 spiro atoms. The van der Waals surface area contributed by atoms with Crippen molar-refractivity contribution in [2.45, 2.75) is 64.5 Å². The van der Waals surface area contributed by atoms with E-state index in [9.17, 15) is 19.5 Å². The average Bonchev–Trinajstić information content (AvgIpc) is 3.69. The van der Waals surface area contributed by atoms with E-state index in [0.717, 1.165) is 38.3 Å². The van der Waals surface area contributed by atoms with E-state index in [-0.39, 0.29) is 53.8 Å². The molecule has 1 aromatic carbocycles. The summed E-state index contributed by atoms with van der Waals surface area (Å²) in [6, 6.07) is 0.716. The van der Waals surface area contributed by atoms with Gasteiger partial charge in [-0.3, -0.25) is 9.59 Å². The predicted octanol–water partition coefficient (Wildman–Crippen LogP) is 4.15. The molecule has 0 radical (unpaired) electrons. The molecule has 3 N–H and O–H groups in total. The van der Waals surface area contributed by atoms with Crippen LogP contribution in [-0.4, -0.2) is 60.9 Å². The lowest BCUT2D eigenvalue weighted by Gasteiger charge is -2.33. The highest BCUT2D eigenvalue weighted by atomic mass is 19.1. The molecule has 2 aromatic rings. The molecule has 1 aromatic heterocycles. The Morgan fingerprint density at radius 2 is 2.02 bits per heavy atom. The highest BCUT2D eigenvalue weighted by Gasteiger charge is 2.34. The molecule has 0 bridgehead atoms. The largest absolute Gasteiger partial charge is 0.492 e. The Balaban J connectivity index is 1.42. The molecule has 1 amide bonds. The van der Waals surface area contributed by atoms with E-state index in [1.54, 1.807) is 9.47 Å². The van der Waals surface area contributed by atoms with E-state index in [1.165, 1.54) is 13.3 Å². The van der Waals surface area contributed by atoms with E-state index in [4.69, 9.17) is 4.74 Å². The van der Waals surface area contributed by atoms with E-state index in [2.05, 4.69) is 24.5 Å². The lowest BCUT2D eigenvalue weighted by atomic mass is 9.90. The number of carboxylic acids is 1. The van der Waals surface area contributed by atoms with Crippen molar-refractivity contribution < 1.29 is 28.2 Å². The van der Waals surface area contributed by atoms with Gasteiger partial charge in [0.25, 0.3) is 0 Å². The summed E-state index contributed by atoms with van der Waals surface area (Å²) in [5.41, 5.74) is -0.282. The second kappa shape index (κ2) is 11.8. The monoisotopic (exact) mass is 572 g/mol. The molecule has 11 heteroatoms. The molecule has 2 atom stereocenters. The van der Waals surface area contributed by atoms with Crippen molar-refractivity contribution in [2.75, 3.05) is 38.2 Å². The number of methoxy groups -OCH3 is 1. The molecule has 222 valence electrons. The summed E-state index contributed by atoms with van der Waals surface area (Å²) in [7, 11) is 1.38. The number of carboxylic acid groups (broad SMARTS) is 1. The van der Waals surface area contributed by atoms with Crippen LogP contribution < -0.4 is 25.7 Å². The maximum atomic E-state index is 15.7. The Bertz CT molecular complexity index is 1450. The summed E-state index contributed by atoms with van der Waals surface area (Å²) in [5.74, 6) is -1.96. The number of amides is 1. The van der Waals surface area contributed by atoms with Crippen LogP contribution in [0.15, 0.2) is 28.5 Å². The van der Waals surface area contributed by atoms with Gasteiger partial charge in [-0.25, -0.2) is 13.6 Å². The van der Waals surface area contributed by atoms with E-state index in [0.29, 0.717) is 36.4 Å². The number of ether oxygens (including phenoxy) is 1. The maximum absolute atomic E-state index is 15.7. The van der Waals surface area contributed by atoms with Gasteiger partial charge in [0.1, 0.15) is 17.1 Å². The van der Waals surface area contributed by atoms with Crippen molar-refractivity contribution in [1.82, 2.24) is 15.2 Å². The van der Waals surface area contributed by atoms with E-state index >= 15 is 8.78 Å². The first-order valence-corrected chi connectivity index (χ1v) is 14.4. The van der Waals surface area contributed by atoms with Gasteiger partial charge >= 0.3 is 5.97 Å². The van der Waals surface area contributed by atoms with Gasteiger partial charge in [-0.15, -0.1) is 0 Å². The Morgan fingerprint density at radius 3 is 2.68 bits per heavy atom. The first-order chi connectivity index (χ1) is 19.6. The number of nitrogens with one attached hydrogen (secondary N) is 2. The number of aromatic nitrogens is 1. The van der Waals surface area contributed by atoms with Crippen LogP contribution >= 0.6 is 0 Å². The molecule has 9 nitrogen and oxygen atoms in total.